The summed E-state index contributed by atoms with van der Waals surface area (Å²) in [5, 5.41) is 9.60. The van der Waals surface area contributed by atoms with Crippen LogP contribution in [-0.4, -0.2) is 36.1 Å². The lowest BCUT2D eigenvalue weighted by atomic mass is 10.0. The van der Waals surface area contributed by atoms with Crippen LogP contribution in [0.1, 0.15) is 18.4 Å². The monoisotopic (exact) mass is 327 g/mol. The fraction of sp³-hybridized carbons (Fsp3) is 0.353. The Labute approximate surface area is 141 Å². The number of hydrogen-bond donors (Lipinski definition) is 0. The van der Waals surface area contributed by atoms with E-state index < -0.39 is 0 Å². The number of hydrogen-bond acceptors (Lipinski definition) is 5. The molecule has 0 spiro atoms. The molecule has 118 valence electrons. The van der Waals surface area contributed by atoms with Crippen LogP contribution in [0.4, 0.5) is 11.5 Å². The van der Waals surface area contributed by atoms with E-state index in [1.165, 1.54) is 0 Å². The molecule has 0 aliphatic carbocycles. The van der Waals surface area contributed by atoms with Crippen LogP contribution < -0.4 is 9.80 Å². The second-order valence-corrected chi connectivity index (χ2v) is 6.11. The molecule has 1 aliphatic heterocycles. The Morgan fingerprint density at radius 3 is 2.96 bits per heavy atom. The minimum atomic E-state index is 0.366. The Bertz CT molecular complexity index is 713. The molecule has 1 fully saturated rings. The number of halogens is 1. The van der Waals surface area contributed by atoms with E-state index in [2.05, 4.69) is 32.9 Å². The maximum absolute atomic E-state index is 8.96. The third-order valence-corrected chi connectivity index (χ3v) is 4.59. The van der Waals surface area contributed by atoms with Crippen LogP contribution in [0.2, 0.25) is 5.02 Å². The average molecular weight is 328 g/mol. The highest BCUT2D eigenvalue weighted by molar-refractivity contribution is 6.33. The topological polar surface area (TPSA) is 56.1 Å². The molecule has 1 aromatic carbocycles. The third kappa shape index (κ3) is 3.38. The van der Waals surface area contributed by atoms with Gasteiger partial charge in [-0.05, 0) is 37.1 Å². The van der Waals surface area contributed by atoms with Crippen molar-refractivity contribution in [2.24, 2.45) is 0 Å². The molecule has 0 bridgehead atoms. The largest absolute Gasteiger partial charge is 0.368 e. The molecule has 5 nitrogen and oxygen atoms in total. The van der Waals surface area contributed by atoms with Gasteiger partial charge in [0.05, 0.1) is 22.3 Å². The Hall–Kier alpha value is -2.32. The number of anilines is 2. The van der Waals surface area contributed by atoms with Crippen molar-refractivity contribution in [1.82, 2.24) is 9.97 Å². The van der Waals surface area contributed by atoms with E-state index in [0.29, 0.717) is 16.6 Å². The number of nitriles is 1. The molecular weight excluding hydrogens is 310 g/mol. The fourth-order valence-electron chi connectivity index (χ4n) is 3.00. The highest BCUT2D eigenvalue weighted by Gasteiger charge is 2.25. The predicted octanol–water partition coefficient (Wildman–Crippen LogP) is 3.11. The van der Waals surface area contributed by atoms with E-state index in [9.17, 15) is 0 Å². The maximum atomic E-state index is 8.96. The molecule has 0 N–H and O–H groups in total. The van der Waals surface area contributed by atoms with E-state index >= 15 is 0 Å². The van der Waals surface area contributed by atoms with Gasteiger partial charge in [-0.25, -0.2) is 9.97 Å². The Balaban J connectivity index is 1.77. The van der Waals surface area contributed by atoms with Gasteiger partial charge in [0.25, 0.3) is 0 Å². The molecule has 0 saturated carbocycles. The van der Waals surface area contributed by atoms with Gasteiger partial charge in [0.2, 0.25) is 0 Å². The zero-order valence-corrected chi connectivity index (χ0v) is 13.7. The van der Waals surface area contributed by atoms with Crippen molar-refractivity contribution in [1.29, 1.82) is 5.26 Å². The minimum Gasteiger partial charge on any atom is -0.368 e. The molecule has 1 aliphatic rings. The first-order chi connectivity index (χ1) is 11.2. The van der Waals surface area contributed by atoms with E-state index in [1.807, 2.05) is 18.2 Å². The number of likely N-dealkylation sites (N-methyl/N-ethyl adjacent to an activating group) is 1. The van der Waals surface area contributed by atoms with Gasteiger partial charge in [-0.1, -0.05) is 11.6 Å². The lowest BCUT2D eigenvalue weighted by Gasteiger charge is -2.39. The summed E-state index contributed by atoms with van der Waals surface area (Å²) in [5.41, 5.74) is 1.58. The van der Waals surface area contributed by atoms with Crippen LogP contribution in [-0.2, 0) is 0 Å². The molecule has 1 saturated heterocycles. The van der Waals surface area contributed by atoms with Crippen LogP contribution >= 0.6 is 11.6 Å². The Kier molecular flexibility index (Phi) is 4.63. The smallest absolute Gasteiger partial charge is 0.131 e. The SMILES string of the molecule is CN(c1ccncn1)C1CCCN(c2ccc(C#N)cc2Cl)C1. The Morgan fingerprint density at radius 1 is 1.39 bits per heavy atom. The molecule has 1 unspecified atom stereocenters. The van der Waals surface area contributed by atoms with Crippen molar-refractivity contribution in [3.8, 4) is 6.07 Å². The summed E-state index contributed by atoms with van der Waals surface area (Å²) in [6.45, 7) is 1.85. The molecule has 0 radical (unpaired) electrons. The lowest BCUT2D eigenvalue weighted by Crippen LogP contribution is -2.47. The van der Waals surface area contributed by atoms with Crippen LogP contribution in [0.3, 0.4) is 0 Å². The van der Waals surface area contributed by atoms with Crippen molar-refractivity contribution < 1.29 is 0 Å². The molecule has 6 heteroatoms. The summed E-state index contributed by atoms with van der Waals surface area (Å²) >= 11 is 6.36. The van der Waals surface area contributed by atoms with Crippen LogP contribution in [0.5, 0.6) is 0 Å². The quantitative estimate of drug-likeness (QED) is 0.867. The number of rotatable bonds is 3. The van der Waals surface area contributed by atoms with Gasteiger partial charge in [0.1, 0.15) is 12.1 Å². The molecule has 1 atom stereocenters. The zero-order valence-electron chi connectivity index (χ0n) is 13.0. The van der Waals surface area contributed by atoms with Gasteiger partial charge >= 0.3 is 0 Å². The van der Waals surface area contributed by atoms with Crippen LogP contribution in [0, 0.1) is 11.3 Å². The van der Waals surface area contributed by atoms with Crippen molar-refractivity contribution in [2.45, 2.75) is 18.9 Å². The molecule has 3 rings (SSSR count). The highest BCUT2D eigenvalue weighted by atomic mass is 35.5. The number of piperidine rings is 1. The molecule has 1 aromatic heterocycles. The number of nitrogens with zero attached hydrogens (tertiary/aromatic N) is 5. The van der Waals surface area contributed by atoms with Crippen molar-refractivity contribution in [3.63, 3.8) is 0 Å². The average Bonchev–Trinajstić information content (AvgIpc) is 2.61. The van der Waals surface area contributed by atoms with Gasteiger partial charge in [-0.2, -0.15) is 5.26 Å². The second-order valence-electron chi connectivity index (χ2n) is 5.70. The lowest BCUT2D eigenvalue weighted by molar-refractivity contribution is 0.486. The number of aromatic nitrogens is 2. The van der Waals surface area contributed by atoms with E-state index in [0.717, 1.165) is 37.4 Å². The summed E-state index contributed by atoms with van der Waals surface area (Å²) in [6, 6.07) is 9.90. The standard InChI is InChI=1S/C17H18ClN5/c1-22(17-6-7-20-12-21-17)14-3-2-8-23(11-14)16-5-4-13(10-19)9-15(16)18/h4-7,9,12,14H,2-3,8,11H2,1H3. The van der Waals surface area contributed by atoms with Crippen LogP contribution in [0.15, 0.2) is 36.8 Å². The van der Waals surface area contributed by atoms with Gasteiger partial charge in [-0.3, -0.25) is 0 Å². The first-order valence-electron chi connectivity index (χ1n) is 7.62. The summed E-state index contributed by atoms with van der Waals surface area (Å²) in [7, 11) is 2.07. The molecule has 0 amide bonds. The molecule has 2 aromatic rings. The summed E-state index contributed by atoms with van der Waals surface area (Å²) in [6.07, 6.45) is 5.54. The van der Waals surface area contributed by atoms with Gasteiger partial charge < -0.3 is 9.80 Å². The molecule has 23 heavy (non-hydrogen) atoms. The summed E-state index contributed by atoms with van der Waals surface area (Å²) < 4.78 is 0. The van der Waals surface area contributed by atoms with Gasteiger partial charge in [0, 0.05) is 32.4 Å². The van der Waals surface area contributed by atoms with Gasteiger partial charge in [0.15, 0.2) is 0 Å². The Morgan fingerprint density at radius 2 is 2.26 bits per heavy atom. The van der Waals surface area contributed by atoms with Gasteiger partial charge in [-0.15, -0.1) is 0 Å². The third-order valence-electron chi connectivity index (χ3n) is 4.29. The molecular formula is C17H18ClN5. The normalized spacial score (nSPS) is 17.6. The predicted molar refractivity (Wildman–Crippen MR) is 91.8 cm³/mol. The van der Waals surface area contributed by atoms with Crippen molar-refractivity contribution >= 4 is 23.1 Å². The van der Waals surface area contributed by atoms with Crippen LogP contribution in [0.25, 0.3) is 0 Å². The first kappa shape index (κ1) is 15.6. The van der Waals surface area contributed by atoms with E-state index in [-0.39, 0.29) is 0 Å². The highest BCUT2D eigenvalue weighted by Crippen LogP contribution is 2.30. The summed E-state index contributed by atoms with van der Waals surface area (Å²) in [4.78, 5) is 12.8. The van der Waals surface area contributed by atoms with E-state index in [4.69, 9.17) is 16.9 Å². The molecule has 2 heterocycles. The van der Waals surface area contributed by atoms with E-state index in [1.54, 1.807) is 18.6 Å². The first-order valence-corrected chi connectivity index (χ1v) is 8.00. The zero-order chi connectivity index (χ0) is 16.2. The van der Waals surface area contributed by atoms with Crippen molar-refractivity contribution in [2.75, 3.05) is 29.9 Å². The second kappa shape index (κ2) is 6.84. The number of benzene rings is 1. The minimum absolute atomic E-state index is 0.366. The maximum Gasteiger partial charge on any atom is 0.131 e. The van der Waals surface area contributed by atoms with Crippen molar-refractivity contribution in [3.05, 3.63) is 47.4 Å². The summed E-state index contributed by atoms with van der Waals surface area (Å²) in [5.74, 6) is 0.928. The fourth-order valence-corrected chi connectivity index (χ4v) is 3.30.